The van der Waals surface area contributed by atoms with Crippen LogP contribution in [0.25, 0.3) is 0 Å². The van der Waals surface area contributed by atoms with E-state index in [0.717, 1.165) is 23.9 Å². The van der Waals surface area contributed by atoms with Crippen molar-refractivity contribution >= 4 is 56.1 Å². The van der Waals surface area contributed by atoms with Gasteiger partial charge >= 0.3 is 12.3 Å². The molecule has 0 bridgehead atoms. The Labute approximate surface area is 197 Å². The molecule has 0 unspecified atom stereocenters. The number of alkyl carbamates (subject to hydrolysis) is 1. The van der Waals surface area contributed by atoms with Crippen LogP contribution in [-0.2, 0) is 25.5 Å². The highest BCUT2D eigenvalue weighted by molar-refractivity contribution is 8.16. The first kappa shape index (κ1) is 25.6. The average Bonchev–Trinajstić information content (AvgIpc) is 3.09. The fraction of sp³-hybridized carbons (Fsp3) is 0.526. The largest absolute Gasteiger partial charge is 0.444 e. The van der Waals surface area contributed by atoms with Gasteiger partial charge in [-0.3, -0.25) is 4.79 Å². The minimum absolute atomic E-state index is 0.00970. The fourth-order valence-electron chi connectivity index (χ4n) is 3.35. The molecule has 2 atom stereocenters. The van der Waals surface area contributed by atoms with Crippen LogP contribution in [0.3, 0.4) is 0 Å². The van der Waals surface area contributed by atoms with Gasteiger partial charge in [-0.1, -0.05) is 23.4 Å². The second-order valence-corrected chi connectivity index (χ2v) is 12.2. The number of benzene rings is 1. The van der Waals surface area contributed by atoms with Crippen molar-refractivity contribution in [2.75, 3.05) is 23.0 Å². The second-order valence-electron chi connectivity index (χ2n) is 8.48. The van der Waals surface area contributed by atoms with Crippen LogP contribution in [0.2, 0.25) is 5.02 Å². The van der Waals surface area contributed by atoms with Crippen molar-refractivity contribution in [2.45, 2.75) is 43.8 Å². The molecule has 1 N–H and O–H groups in total. The molecule has 0 radical (unpaired) electrons. The van der Waals surface area contributed by atoms with Gasteiger partial charge in [0.1, 0.15) is 12.1 Å². The zero-order chi connectivity index (χ0) is 24.8. The SMILES string of the molecule is CC(C)(C)OC(=O)NCC(=O)N=C1S[C@H]2CS(=O)(=O)C[C@@H]2N1c1ccc(Cl)c(C(F)(F)F)c1. The third-order valence-corrected chi connectivity index (χ3v) is 8.14. The molecule has 33 heavy (non-hydrogen) atoms. The van der Waals surface area contributed by atoms with Gasteiger partial charge in [0, 0.05) is 10.9 Å². The molecule has 8 nitrogen and oxygen atoms in total. The molecule has 14 heteroatoms. The lowest BCUT2D eigenvalue weighted by Gasteiger charge is -2.25. The number of carbonyl (C=O) groups excluding carboxylic acids is 2. The third-order valence-electron chi connectivity index (χ3n) is 4.60. The number of nitrogens with zero attached hydrogens (tertiary/aromatic N) is 2. The van der Waals surface area contributed by atoms with Gasteiger partial charge in [0.05, 0.1) is 28.1 Å². The van der Waals surface area contributed by atoms with Crippen LogP contribution in [0.4, 0.5) is 23.7 Å². The lowest BCUT2D eigenvalue weighted by atomic mass is 10.1. The van der Waals surface area contributed by atoms with Crippen molar-refractivity contribution in [2.24, 2.45) is 4.99 Å². The van der Waals surface area contributed by atoms with Crippen molar-refractivity contribution in [3.63, 3.8) is 0 Å². The number of alkyl halides is 3. The number of fused-ring (bicyclic) bond motifs is 1. The Kier molecular flexibility index (Phi) is 6.98. The molecule has 1 aromatic rings. The number of carbonyl (C=O) groups is 2. The van der Waals surface area contributed by atoms with Crippen molar-refractivity contribution in [1.29, 1.82) is 0 Å². The number of sulfone groups is 1. The predicted octanol–water partition coefficient (Wildman–Crippen LogP) is 3.48. The Bertz CT molecular complexity index is 1100. The Balaban J connectivity index is 1.88. The minimum Gasteiger partial charge on any atom is -0.444 e. The zero-order valence-electron chi connectivity index (χ0n) is 17.8. The number of hydrogen-bond acceptors (Lipinski definition) is 6. The van der Waals surface area contributed by atoms with E-state index in [-0.39, 0.29) is 22.4 Å². The van der Waals surface area contributed by atoms with Crippen LogP contribution in [-0.4, -0.2) is 60.5 Å². The summed E-state index contributed by atoms with van der Waals surface area (Å²) in [7, 11) is -3.41. The van der Waals surface area contributed by atoms with Crippen molar-refractivity contribution in [3.05, 3.63) is 28.8 Å². The van der Waals surface area contributed by atoms with E-state index in [1.807, 2.05) is 0 Å². The molecule has 1 aromatic carbocycles. The second kappa shape index (κ2) is 8.99. The lowest BCUT2D eigenvalue weighted by Crippen LogP contribution is -2.38. The number of hydrogen-bond donors (Lipinski definition) is 1. The molecule has 3 rings (SSSR count). The van der Waals surface area contributed by atoms with E-state index in [2.05, 4.69) is 10.3 Å². The molecule has 0 aromatic heterocycles. The first-order valence-electron chi connectivity index (χ1n) is 9.67. The summed E-state index contributed by atoms with van der Waals surface area (Å²) in [6.07, 6.45) is -5.56. The van der Waals surface area contributed by atoms with E-state index >= 15 is 0 Å². The van der Waals surface area contributed by atoms with Crippen LogP contribution >= 0.6 is 23.4 Å². The number of anilines is 1. The normalized spacial score (nSPS) is 23.5. The van der Waals surface area contributed by atoms with Gasteiger partial charge in [0.25, 0.3) is 5.91 Å². The molecule has 2 heterocycles. The maximum atomic E-state index is 13.4. The maximum Gasteiger partial charge on any atom is 0.417 e. The molecule has 2 fully saturated rings. The Morgan fingerprint density at radius 2 is 1.94 bits per heavy atom. The van der Waals surface area contributed by atoms with Crippen LogP contribution in [0.1, 0.15) is 26.3 Å². The topological polar surface area (TPSA) is 105 Å². The predicted molar refractivity (Wildman–Crippen MR) is 119 cm³/mol. The first-order chi connectivity index (χ1) is 15.1. The molecule has 0 spiro atoms. The molecule has 2 aliphatic heterocycles. The van der Waals surface area contributed by atoms with Gasteiger partial charge in [-0.25, -0.2) is 13.2 Å². The number of rotatable bonds is 3. The standard InChI is InChI=1S/C19H21ClF3N3O5S2/c1-18(2,3)31-17(28)24-7-15(27)25-16-26(13-8-33(29,30)9-14(13)32-16)10-4-5-12(20)11(6-10)19(21,22)23/h4-6,13-14H,7-9H2,1-3H3,(H,24,28)/t13-,14-/m0/s1. The number of aliphatic imine (C=N–C) groups is 1. The molecule has 2 saturated heterocycles. The molecular weight excluding hydrogens is 507 g/mol. The van der Waals surface area contributed by atoms with Gasteiger partial charge in [-0.05, 0) is 39.0 Å². The van der Waals surface area contributed by atoms with E-state index in [1.54, 1.807) is 20.8 Å². The molecule has 182 valence electrons. The molecular formula is C19H21ClF3N3O5S2. The maximum absolute atomic E-state index is 13.4. The Morgan fingerprint density at radius 3 is 2.55 bits per heavy atom. The van der Waals surface area contributed by atoms with Gasteiger partial charge in [-0.15, -0.1) is 0 Å². The summed E-state index contributed by atoms with van der Waals surface area (Å²) in [6, 6.07) is 2.47. The van der Waals surface area contributed by atoms with Crippen molar-refractivity contribution < 1.29 is 35.9 Å². The first-order valence-corrected chi connectivity index (χ1v) is 12.7. The average molecular weight is 528 g/mol. The van der Waals surface area contributed by atoms with Crippen LogP contribution in [0.15, 0.2) is 23.2 Å². The summed E-state index contributed by atoms with van der Waals surface area (Å²) in [4.78, 5) is 29.4. The summed E-state index contributed by atoms with van der Waals surface area (Å²) in [5, 5.41) is 1.29. The van der Waals surface area contributed by atoms with Crippen LogP contribution < -0.4 is 10.2 Å². The lowest BCUT2D eigenvalue weighted by molar-refractivity contribution is -0.137. The van der Waals surface area contributed by atoms with Crippen molar-refractivity contribution in [1.82, 2.24) is 5.32 Å². The number of thioether (sulfide) groups is 1. The van der Waals surface area contributed by atoms with E-state index in [9.17, 15) is 31.2 Å². The number of halogens is 4. The molecule has 2 aliphatic rings. The quantitative estimate of drug-likeness (QED) is 0.641. The molecule has 0 aliphatic carbocycles. The van der Waals surface area contributed by atoms with Crippen LogP contribution in [0.5, 0.6) is 0 Å². The summed E-state index contributed by atoms with van der Waals surface area (Å²) in [5.41, 5.74) is -1.85. The number of ether oxygens (including phenoxy) is 1. The third kappa shape index (κ3) is 6.33. The Morgan fingerprint density at radius 1 is 1.27 bits per heavy atom. The smallest absolute Gasteiger partial charge is 0.417 e. The van der Waals surface area contributed by atoms with E-state index < -0.39 is 62.0 Å². The van der Waals surface area contributed by atoms with E-state index in [1.165, 1.54) is 11.0 Å². The molecule has 0 saturated carbocycles. The summed E-state index contributed by atoms with van der Waals surface area (Å²) < 4.78 is 69.4. The van der Waals surface area contributed by atoms with Gasteiger partial charge < -0.3 is 15.0 Å². The highest BCUT2D eigenvalue weighted by Crippen LogP contribution is 2.43. The summed E-state index contributed by atoms with van der Waals surface area (Å²) in [5.74, 6) is -1.26. The van der Waals surface area contributed by atoms with Crippen molar-refractivity contribution in [3.8, 4) is 0 Å². The van der Waals surface area contributed by atoms with E-state index in [0.29, 0.717) is 0 Å². The van der Waals surface area contributed by atoms with Gasteiger partial charge in [0.2, 0.25) is 0 Å². The summed E-state index contributed by atoms with van der Waals surface area (Å²) in [6.45, 7) is 4.44. The number of nitrogens with one attached hydrogen (secondary N) is 1. The number of amides is 2. The minimum atomic E-state index is -4.73. The summed E-state index contributed by atoms with van der Waals surface area (Å²) >= 11 is 6.70. The zero-order valence-corrected chi connectivity index (χ0v) is 20.2. The molecule has 2 amide bonds. The van der Waals surface area contributed by atoms with Crippen LogP contribution in [0, 0.1) is 0 Å². The number of amidine groups is 1. The highest BCUT2D eigenvalue weighted by Gasteiger charge is 2.49. The highest BCUT2D eigenvalue weighted by atomic mass is 35.5. The van der Waals surface area contributed by atoms with Gasteiger partial charge in [0.15, 0.2) is 15.0 Å². The Hall–Kier alpha value is -1.99. The fourth-order valence-corrected chi connectivity index (χ4v) is 7.51. The van der Waals surface area contributed by atoms with E-state index in [4.69, 9.17) is 16.3 Å². The van der Waals surface area contributed by atoms with Gasteiger partial charge in [-0.2, -0.15) is 18.2 Å². The monoisotopic (exact) mass is 527 g/mol.